The number of esters is 1. The van der Waals surface area contributed by atoms with Gasteiger partial charge in [0.25, 0.3) is 5.91 Å². The smallest absolute Gasteiger partial charge is 0.339 e. The molecule has 0 radical (unpaired) electrons. The number of carbonyl (C=O) groups is 2. The summed E-state index contributed by atoms with van der Waals surface area (Å²) in [7, 11) is 0. The maximum atomic E-state index is 12.7. The number of benzene rings is 2. The second-order valence-electron chi connectivity index (χ2n) is 6.01. The van der Waals surface area contributed by atoms with E-state index >= 15 is 0 Å². The van der Waals surface area contributed by atoms with Gasteiger partial charge in [-0.25, -0.2) is 9.78 Å². The van der Waals surface area contributed by atoms with Crippen LogP contribution in [0.4, 0.5) is 5.82 Å². The third-order valence-electron chi connectivity index (χ3n) is 4.32. The number of nitrogens with one attached hydrogen (secondary N) is 1. The van der Waals surface area contributed by atoms with E-state index in [1.807, 2.05) is 54.6 Å². The second-order valence-corrected chi connectivity index (χ2v) is 6.01. The first-order valence-corrected chi connectivity index (χ1v) is 8.32. The largest absolute Gasteiger partial charge is 0.448 e. The highest BCUT2D eigenvalue weighted by atomic mass is 16.5. The number of carbonyl (C=O) groups excluding carboxylic acids is 2. The Morgan fingerprint density at radius 1 is 0.962 bits per heavy atom. The summed E-state index contributed by atoms with van der Waals surface area (Å²) in [5.74, 6) is -0.418. The maximum absolute atomic E-state index is 12.7. The van der Waals surface area contributed by atoms with Crippen molar-refractivity contribution in [2.45, 2.75) is 12.5 Å². The van der Waals surface area contributed by atoms with Crippen LogP contribution in [0.2, 0.25) is 0 Å². The first kappa shape index (κ1) is 16.0. The maximum Gasteiger partial charge on any atom is 0.339 e. The molecule has 0 bridgehead atoms. The molecular weight excluding hydrogens is 328 g/mol. The molecule has 1 atom stereocenters. The van der Waals surface area contributed by atoms with Crippen LogP contribution in [-0.4, -0.2) is 23.0 Å². The standard InChI is InChI=1S/C21H16N2O3/c24-20(18-13-15-9-4-5-10-17(15)21(25)26-18)23-19-16(11-6-12-22-19)14-7-2-1-3-8-14/h1-12,18H,13H2,(H,22,23,24)/t18-/m0/s1. The van der Waals surface area contributed by atoms with Crippen LogP contribution in [0, 0.1) is 0 Å². The van der Waals surface area contributed by atoms with Gasteiger partial charge in [-0.15, -0.1) is 0 Å². The van der Waals surface area contributed by atoms with Gasteiger partial charge >= 0.3 is 5.97 Å². The Kier molecular flexibility index (Phi) is 4.19. The Balaban J connectivity index is 1.58. The number of aromatic nitrogens is 1. The molecule has 128 valence electrons. The van der Waals surface area contributed by atoms with Crippen molar-refractivity contribution in [3.63, 3.8) is 0 Å². The highest BCUT2D eigenvalue weighted by molar-refractivity contribution is 6.01. The molecule has 3 aromatic rings. The van der Waals surface area contributed by atoms with Crippen LogP contribution in [0.5, 0.6) is 0 Å². The fourth-order valence-corrected chi connectivity index (χ4v) is 3.03. The summed E-state index contributed by atoms with van der Waals surface area (Å²) in [6.07, 6.45) is 1.09. The Morgan fingerprint density at radius 2 is 1.69 bits per heavy atom. The van der Waals surface area contributed by atoms with E-state index in [-0.39, 0.29) is 5.91 Å². The van der Waals surface area contributed by atoms with E-state index in [2.05, 4.69) is 10.3 Å². The first-order valence-electron chi connectivity index (χ1n) is 8.32. The summed E-state index contributed by atoms with van der Waals surface area (Å²) in [6, 6.07) is 20.5. The Hall–Kier alpha value is -3.47. The fraction of sp³-hybridized carbons (Fsp3) is 0.0952. The Morgan fingerprint density at radius 3 is 2.54 bits per heavy atom. The van der Waals surface area contributed by atoms with Gasteiger partial charge in [0.05, 0.1) is 5.56 Å². The molecule has 1 amide bonds. The van der Waals surface area contributed by atoms with Gasteiger partial charge in [-0.3, -0.25) is 4.79 Å². The number of pyridine rings is 1. The lowest BCUT2D eigenvalue weighted by Gasteiger charge is -2.24. The van der Waals surface area contributed by atoms with Crippen LogP contribution >= 0.6 is 0 Å². The van der Waals surface area contributed by atoms with E-state index in [9.17, 15) is 9.59 Å². The molecule has 0 aliphatic carbocycles. The molecule has 1 N–H and O–H groups in total. The van der Waals surface area contributed by atoms with E-state index in [0.717, 1.165) is 16.7 Å². The van der Waals surface area contributed by atoms with Gasteiger partial charge in [0, 0.05) is 18.2 Å². The van der Waals surface area contributed by atoms with E-state index < -0.39 is 12.1 Å². The highest BCUT2D eigenvalue weighted by Crippen LogP contribution is 2.27. The Bertz CT molecular complexity index is 970. The van der Waals surface area contributed by atoms with Gasteiger partial charge in [-0.05, 0) is 29.3 Å². The highest BCUT2D eigenvalue weighted by Gasteiger charge is 2.31. The fourth-order valence-electron chi connectivity index (χ4n) is 3.03. The molecule has 4 rings (SSSR count). The molecule has 1 aliphatic rings. The minimum absolute atomic E-state index is 0.348. The third-order valence-corrected chi connectivity index (χ3v) is 4.32. The van der Waals surface area contributed by atoms with Crippen molar-refractivity contribution in [2.75, 3.05) is 5.32 Å². The number of hydrogen-bond acceptors (Lipinski definition) is 4. The molecule has 1 aromatic heterocycles. The van der Waals surface area contributed by atoms with Gasteiger partial charge < -0.3 is 10.1 Å². The van der Waals surface area contributed by atoms with Crippen LogP contribution in [-0.2, 0) is 16.0 Å². The predicted molar refractivity (Wildman–Crippen MR) is 97.7 cm³/mol. The summed E-state index contributed by atoms with van der Waals surface area (Å²) in [5.41, 5.74) is 3.08. The first-order chi connectivity index (χ1) is 12.7. The quantitative estimate of drug-likeness (QED) is 0.739. The van der Waals surface area contributed by atoms with Gasteiger partial charge in [0.2, 0.25) is 0 Å². The summed E-state index contributed by atoms with van der Waals surface area (Å²) in [6.45, 7) is 0. The molecule has 5 heteroatoms. The van der Waals surface area contributed by atoms with Crippen molar-refractivity contribution in [1.29, 1.82) is 0 Å². The number of rotatable bonds is 3. The van der Waals surface area contributed by atoms with Gasteiger partial charge in [-0.2, -0.15) is 0 Å². The summed E-state index contributed by atoms with van der Waals surface area (Å²) in [5, 5.41) is 2.80. The normalized spacial score (nSPS) is 15.7. The predicted octanol–water partition coefficient (Wildman–Crippen LogP) is 3.47. The number of nitrogens with zero attached hydrogens (tertiary/aromatic N) is 1. The van der Waals surface area contributed by atoms with Gasteiger partial charge in [0.1, 0.15) is 5.82 Å². The van der Waals surface area contributed by atoms with Crippen molar-refractivity contribution in [3.8, 4) is 11.1 Å². The molecule has 0 saturated heterocycles. The van der Waals surface area contributed by atoms with E-state index in [4.69, 9.17) is 4.74 Å². The molecule has 1 aliphatic heterocycles. The zero-order valence-corrected chi connectivity index (χ0v) is 13.9. The lowest BCUT2D eigenvalue weighted by Crippen LogP contribution is -2.38. The molecular formula is C21H16N2O3. The molecule has 5 nitrogen and oxygen atoms in total. The Labute approximate surface area is 150 Å². The second kappa shape index (κ2) is 6.80. The minimum Gasteiger partial charge on any atom is -0.448 e. The summed E-state index contributed by atoms with van der Waals surface area (Å²) < 4.78 is 5.31. The van der Waals surface area contributed by atoms with Crippen molar-refractivity contribution in [2.24, 2.45) is 0 Å². The molecule has 2 aromatic carbocycles. The summed E-state index contributed by atoms with van der Waals surface area (Å²) in [4.78, 5) is 29.1. The molecule has 0 fully saturated rings. The average Bonchev–Trinajstić information content (AvgIpc) is 2.69. The van der Waals surface area contributed by atoms with Crippen LogP contribution in [0.25, 0.3) is 11.1 Å². The van der Waals surface area contributed by atoms with Gasteiger partial charge in [-0.1, -0.05) is 48.5 Å². The lowest BCUT2D eigenvalue weighted by atomic mass is 9.98. The molecule has 0 unspecified atom stereocenters. The average molecular weight is 344 g/mol. The van der Waals surface area contributed by atoms with Crippen LogP contribution in [0.15, 0.2) is 72.9 Å². The molecule has 26 heavy (non-hydrogen) atoms. The number of anilines is 1. The van der Waals surface area contributed by atoms with Crippen LogP contribution < -0.4 is 5.32 Å². The minimum atomic E-state index is -0.872. The van der Waals surface area contributed by atoms with Crippen molar-refractivity contribution < 1.29 is 14.3 Å². The van der Waals surface area contributed by atoms with Crippen molar-refractivity contribution in [1.82, 2.24) is 4.98 Å². The number of fused-ring (bicyclic) bond motifs is 1. The number of amides is 1. The topological polar surface area (TPSA) is 68.3 Å². The SMILES string of the molecule is O=C1O[C@H](C(=O)Nc2ncccc2-c2ccccc2)Cc2ccccc21. The number of hydrogen-bond donors (Lipinski definition) is 1. The van der Waals surface area contributed by atoms with E-state index in [1.54, 1.807) is 18.3 Å². The summed E-state index contributed by atoms with van der Waals surface area (Å²) >= 11 is 0. The molecule has 2 heterocycles. The zero-order valence-electron chi connectivity index (χ0n) is 13.9. The van der Waals surface area contributed by atoms with Crippen LogP contribution in [0.3, 0.4) is 0 Å². The van der Waals surface area contributed by atoms with Gasteiger partial charge in [0.15, 0.2) is 6.10 Å². The van der Waals surface area contributed by atoms with E-state index in [1.165, 1.54) is 0 Å². The van der Waals surface area contributed by atoms with Crippen molar-refractivity contribution in [3.05, 3.63) is 84.1 Å². The third kappa shape index (κ3) is 3.07. The molecule has 0 spiro atoms. The number of cyclic esters (lactones) is 1. The van der Waals surface area contributed by atoms with Crippen LogP contribution in [0.1, 0.15) is 15.9 Å². The zero-order chi connectivity index (χ0) is 17.9. The van der Waals surface area contributed by atoms with E-state index in [0.29, 0.717) is 17.8 Å². The monoisotopic (exact) mass is 344 g/mol. The number of ether oxygens (including phenoxy) is 1. The van der Waals surface area contributed by atoms with Crippen molar-refractivity contribution >= 4 is 17.7 Å². The molecule has 0 saturated carbocycles. The lowest BCUT2D eigenvalue weighted by molar-refractivity contribution is -0.125.